The molecular formula is C11H16FN3. The predicted molar refractivity (Wildman–Crippen MR) is 57.1 cm³/mol. The van der Waals surface area contributed by atoms with Gasteiger partial charge < -0.3 is 4.90 Å². The zero-order chi connectivity index (χ0) is 10.8. The first kappa shape index (κ1) is 10.3. The van der Waals surface area contributed by atoms with E-state index >= 15 is 0 Å². The van der Waals surface area contributed by atoms with Crippen molar-refractivity contribution >= 4 is 5.95 Å². The van der Waals surface area contributed by atoms with Crippen LogP contribution in [0, 0.1) is 17.7 Å². The lowest BCUT2D eigenvalue weighted by Gasteiger charge is -2.34. The topological polar surface area (TPSA) is 29.0 Å². The van der Waals surface area contributed by atoms with Gasteiger partial charge in [-0.3, -0.25) is 0 Å². The fraction of sp³-hybridized carbons (Fsp3) is 0.636. The maximum Gasteiger partial charge on any atom is 0.225 e. The minimum absolute atomic E-state index is 0.378. The van der Waals surface area contributed by atoms with Crippen LogP contribution in [0.2, 0.25) is 0 Å². The van der Waals surface area contributed by atoms with Crippen LogP contribution in [0.4, 0.5) is 10.3 Å². The average Bonchev–Trinajstić information content (AvgIpc) is 2.17. The maximum atomic E-state index is 12.7. The van der Waals surface area contributed by atoms with E-state index in [0.29, 0.717) is 17.8 Å². The summed E-state index contributed by atoms with van der Waals surface area (Å²) in [6.07, 6.45) is 3.70. The van der Waals surface area contributed by atoms with Crippen molar-refractivity contribution in [1.29, 1.82) is 0 Å². The molecule has 4 heteroatoms. The van der Waals surface area contributed by atoms with Crippen LogP contribution in [0.15, 0.2) is 12.4 Å². The van der Waals surface area contributed by atoms with Crippen LogP contribution in [-0.2, 0) is 0 Å². The molecule has 1 aromatic heterocycles. The summed E-state index contributed by atoms with van der Waals surface area (Å²) >= 11 is 0. The van der Waals surface area contributed by atoms with Gasteiger partial charge in [0.1, 0.15) is 0 Å². The van der Waals surface area contributed by atoms with Crippen LogP contribution < -0.4 is 4.90 Å². The van der Waals surface area contributed by atoms with Crippen molar-refractivity contribution in [2.24, 2.45) is 11.8 Å². The lowest BCUT2D eigenvalue weighted by molar-refractivity contribution is 0.353. The molecule has 2 atom stereocenters. The van der Waals surface area contributed by atoms with E-state index in [1.807, 2.05) is 0 Å². The number of hydrogen-bond donors (Lipinski definition) is 0. The van der Waals surface area contributed by atoms with E-state index < -0.39 is 0 Å². The highest BCUT2D eigenvalue weighted by Crippen LogP contribution is 2.23. The summed E-state index contributed by atoms with van der Waals surface area (Å²) in [6.45, 7) is 6.39. The van der Waals surface area contributed by atoms with E-state index in [9.17, 15) is 4.39 Å². The second-order valence-corrected chi connectivity index (χ2v) is 4.55. The summed E-state index contributed by atoms with van der Waals surface area (Å²) in [6, 6.07) is 0. The van der Waals surface area contributed by atoms with Crippen LogP contribution in [-0.4, -0.2) is 23.1 Å². The van der Waals surface area contributed by atoms with E-state index in [1.54, 1.807) is 0 Å². The van der Waals surface area contributed by atoms with Gasteiger partial charge in [-0.15, -0.1) is 0 Å². The first-order chi connectivity index (χ1) is 7.15. The van der Waals surface area contributed by atoms with Crippen molar-refractivity contribution in [2.75, 3.05) is 18.0 Å². The molecule has 1 aromatic rings. The summed E-state index contributed by atoms with van der Waals surface area (Å²) in [5.74, 6) is 1.58. The van der Waals surface area contributed by atoms with Crippen molar-refractivity contribution in [3.8, 4) is 0 Å². The van der Waals surface area contributed by atoms with Gasteiger partial charge >= 0.3 is 0 Å². The van der Waals surface area contributed by atoms with Gasteiger partial charge in [0.15, 0.2) is 5.82 Å². The molecule has 2 heterocycles. The molecule has 82 valence electrons. The molecule has 2 unspecified atom stereocenters. The van der Waals surface area contributed by atoms with Gasteiger partial charge in [-0.25, -0.2) is 14.4 Å². The standard InChI is InChI=1S/C11H16FN3/c1-8-3-9(2)7-15(6-8)11-13-4-10(12)5-14-11/h4-5,8-9H,3,6-7H2,1-2H3. The smallest absolute Gasteiger partial charge is 0.225 e. The molecule has 0 amide bonds. The van der Waals surface area contributed by atoms with Crippen LogP contribution in [0.5, 0.6) is 0 Å². The van der Waals surface area contributed by atoms with Crippen LogP contribution in [0.1, 0.15) is 20.3 Å². The molecule has 3 nitrogen and oxygen atoms in total. The number of halogens is 1. The predicted octanol–water partition coefficient (Wildman–Crippen LogP) is 2.10. The monoisotopic (exact) mass is 209 g/mol. The summed E-state index contributed by atoms with van der Waals surface area (Å²) in [5.41, 5.74) is 0. The molecule has 1 saturated heterocycles. The summed E-state index contributed by atoms with van der Waals surface area (Å²) in [5, 5.41) is 0. The number of rotatable bonds is 1. The first-order valence-electron chi connectivity index (χ1n) is 5.37. The fourth-order valence-electron chi connectivity index (χ4n) is 2.30. The van der Waals surface area contributed by atoms with E-state index in [0.717, 1.165) is 13.1 Å². The molecule has 1 aliphatic rings. The zero-order valence-corrected chi connectivity index (χ0v) is 9.15. The molecule has 0 spiro atoms. The number of hydrogen-bond acceptors (Lipinski definition) is 3. The van der Waals surface area contributed by atoms with E-state index in [2.05, 4.69) is 28.7 Å². The summed E-state index contributed by atoms with van der Waals surface area (Å²) < 4.78 is 12.7. The molecule has 15 heavy (non-hydrogen) atoms. The SMILES string of the molecule is CC1CC(C)CN(c2ncc(F)cn2)C1. The molecule has 0 aromatic carbocycles. The summed E-state index contributed by atoms with van der Waals surface area (Å²) in [4.78, 5) is 10.2. The molecule has 1 fully saturated rings. The molecule has 0 N–H and O–H groups in total. The minimum atomic E-state index is -0.378. The third kappa shape index (κ3) is 2.43. The Labute approximate surface area is 89.3 Å². The molecule has 1 aliphatic heterocycles. The first-order valence-corrected chi connectivity index (χ1v) is 5.37. The average molecular weight is 209 g/mol. The largest absolute Gasteiger partial charge is 0.340 e. The maximum absolute atomic E-state index is 12.7. The molecule has 0 radical (unpaired) electrons. The highest BCUT2D eigenvalue weighted by Gasteiger charge is 2.23. The third-order valence-electron chi connectivity index (χ3n) is 2.76. The molecular weight excluding hydrogens is 193 g/mol. The van der Waals surface area contributed by atoms with Gasteiger partial charge in [-0.1, -0.05) is 13.8 Å². The summed E-state index contributed by atoms with van der Waals surface area (Å²) in [7, 11) is 0. The number of aromatic nitrogens is 2. The Balaban J connectivity index is 2.12. The van der Waals surface area contributed by atoms with Gasteiger partial charge in [-0.2, -0.15) is 0 Å². The number of nitrogens with zero attached hydrogens (tertiary/aromatic N) is 3. The third-order valence-corrected chi connectivity index (χ3v) is 2.76. The van der Waals surface area contributed by atoms with E-state index in [4.69, 9.17) is 0 Å². The molecule has 2 rings (SSSR count). The highest BCUT2D eigenvalue weighted by molar-refractivity contribution is 5.29. The van der Waals surface area contributed by atoms with Crippen LogP contribution in [0.25, 0.3) is 0 Å². The Kier molecular flexibility index (Phi) is 2.84. The van der Waals surface area contributed by atoms with Crippen molar-refractivity contribution < 1.29 is 4.39 Å². The molecule has 0 aliphatic carbocycles. The van der Waals surface area contributed by atoms with Crippen molar-refractivity contribution in [1.82, 2.24) is 9.97 Å². The van der Waals surface area contributed by atoms with E-state index in [-0.39, 0.29) is 5.82 Å². The Morgan fingerprint density at radius 2 is 1.73 bits per heavy atom. The molecule has 0 bridgehead atoms. The Hall–Kier alpha value is -1.19. The van der Waals surface area contributed by atoms with Crippen molar-refractivity contribution in [3.63, 3.8) is 0 Å². The van der Waals surface area contributed by atoms with Gasteiger partial charge in [0.05, 0.1) is 12.4 Å². The number of anilines is 1. The zero-order valence-electron chi connectivity index (χ0n) is 9.15. The second kappa shape index (κ2) is 4.13. The van der Waals surface area contributed by atoms with Crippen LogP contribution in [0.3, 0.4) is 0 Å². The van der Waals surface area contributed by atoms with Gasteiger partial charge in [-0.05, 0) is 18.3 Å². The quantitative estimate of drug-likeness (QED) is 0.709. The van der Waals surface area contributed by atoms with Crippen LogP contribution >= 0.6 is 0 Å². The van der Waals surface area contributed by atoms with Crippen molar-refractivity contribution in [2.45, 2.75) is 20.3 Å². The van der Waals surface area contributed by atoms with Crippen molar-refractivity contribution in [3.05, 3.63) is 18.2 Å². The number of piperidine rings is 1. The highest BCUT2D eigenvalue weighted by atomic mass is 19.1. The Bertz CT molecular complexity index is 315. The van der Waals surface area contributed by atoms with Gasteiger partial charge in [0.25, 0.3) is 0 Å². The van der Waals surface area contributed by atoms with E-state index in [1.165, 1.54) is 18.8 Å². The fourth-order valence-corrected chi connectivity index (χ4v) is 2.30. The minimum Gasteiger partial charge on any atom is -0.340 e. The lowest BCUT2D eigenvalue weighted by Crippen LogP contribution is -2.39. The normalized spacial score (nSPS) is 26.7. The Morgan fingerprint density at radius 3 is 2.27 bits per heavy atom. The second-order valence-electron chi connectivity index (χ2n) is 4.55. The Morgan fingerprint density at radius 1 is 1.20 bits per heavy atom. The lowest BCUT2D eigenvalue weighted by atomic mass is 9.92. The van der Waals surface area contributed by atoms with Gasteiger partial charge in [0.2, 0.25) is 5.95 Å². The molecule has 0 saturated carbocycles. The van der Waals surface area contributed by atoms with Gasteiger partial charge in [0, 0.05) is 13.1 Å².